The molecule has 1 rings (SSSR count). The normalized spacial score (nSPS) is 12.1. The quantitative estimate of drug-likeness (QED) is 0.468. The number of guanidine groups is 1. The van der Waals surface area contributed by atoms with Gasteiger partial charge in [0.2, 0.25) is 5.96 Å². The van der Waals surface area contributed by atoms with Crippen molar-refractivity contribution in [1.29, 1.82) is 0 Å². The number of ether oxygens (including phenoxy) is 2. The van der Waals surface area contributed by atoms with Crippen LogP contribution in [0.4, 0.5) is 15.3 Å². The second-order valence-electron chi connectivity index (χ2n) is 7.46. The maximum absolute atomic E-state index is 12.4. The molecule has 2 N–H and O–H groups in total. The van der Waals surface area contributed by atoms with Crippen LogP contribution in [-0.2, 0) is 9.47 Å². The lowest BCUT2D eigenvalue weighted by Gasteiger charge is -2.27. The van der Waals surface area contributed by atoms with Gasteiger partial charge in [-0.05, 0) is 65.8 Å². The van der Waals surface area contributed by atoms with E-state index >= 15 is 0 Å². The van der Waals surface area contributed by atoms with Gasteiger partial charge in [0.1, 0.15) is 11.2 Å². The van der Waals surface area contributed by atoms with Gasteiger partial charge >= 0.3 is 12.2 Å². The zero-order valence-corrected chi connectivity index (χ0v) is 16.0. The van der Waals surface area contributed by atoms with Crippen LogP contribution in [-0.4, -0.2) is 34.2 Å². The summed E-state index contributed by atoms with van der Waals surface area (Å²) in [6.07, 6.45) is 3.35. The minimum Gasteiger partial charge on any atom is -0.443 e. The van der Waals surface area contributed by atoms with E-state index in [1.54, 1.807) is 65.8 Å². The Labute approximate surface area is 154 Å². The Bertz CT molecular complexity index is 704. The van der Waals surface area contributed by atoms with E-state index in [1.807, 2.05) is 0 Å². The third kappa shape index (κ3) is 6.85. The molecule has 0 heterocycles. The highest BCUT2D eigenvalue weighted by molar-refractivity contribution is 6.08. The second-order valence-corrected chi connectivity index (χ2v) is 7.46. The molecule has 7 nitrogen and oxygen atoms in total. The molecule has 26 heavy (non-hydrogen) atoms. The molecule has 0 aromatic heterocycles. The van der Waals surface area contributed by atoms with Crippen molar-refractivity contribution < 1.29 is 19.1 Å². The van der Waals surface area contributed by atoms with Crippen LogP contribution in [0.2, 0.25) is 0 Å². The molecule has 0 saturated heterocycles. The number of hydrogen-bond acceptors (Lipinski definition) is 5. The van der Waals surface area contributed by atoms with Gasteiger partial charge in [-0.3, -0.25) is 0 Å². The van der Waals surface area contributed by atoms with Crippen LogP contribution in [0, 0.1) is 12.3 Å². The summed E-state index contributed by atoms with van der Waals surface area (Å²) >= 11 is 0. The third-order valence-corrected chi connectivity index (χ3v) is 2.66. The number of nitrogens with two attached hydrogens (primary N) is 1. The number of carbonyl (C=O) groups excluding carboxylic acids is 2. The van der Waals surface area contributed by atoms with Gasteiger partial charge in [0.15, 0.2) is 0 Å². The van der Waals surface area contributed by atoms with Gasteiger partial charge in [-0.1, -0.05) is 5.92 Å². The fourth-order valence-corrected chi connectivity index (χ4v) is 1.69. The number of benzene rings is 1. The SMILES string of the molecule is C#Cc1ccc(N=C(N)N(C(=O)OC(C)(C)C)C(=O)OC(C)(C)C)cc1. The standard InChI is InChI=1S/C19H25N3O4/c1-8-13-9-11-14(12-10-13)21-15(20)22(16(23)25-18(2,3)4)17(24)26-19(5,6)7/h1,9-12H,2-7H3,(H2,20,21). The van der Waals surface area contributed by atoms with Crippen molar-refractivity contribution in [2.45, 2.75) is 52.7 Å². The highest BCUT2D eigenvalue weighted by atomic mass is 16.6. The summed E-state index contributed by atoms with van der Waals surface area (Å²) in [7, 11) is 0. The van der Waals surface area contributed by atoms with Gasteiger partial charge in [-0.15, -0.1) is 11.3 Å². The summed E-state index contributed by atoms with van der Waals surface area (Å²) in [6.45, 7) is 10.0. The van der Waals surface area contributed by atoms with E-state index in [9.17, 15) is 9.59 Å². The molecular weight excluding hydrogens is 334 g/mol. The summed E-state index contributed by atoms with van der Waals surface area (Å²) < 4.78 is 10.5. The van der Waals surface area contributed by atoms with Crippen LogP contribution in [0.3, 0.4) is 0 Å². The second kappa shape index (κ2) is 7.91. The molecule has 0 unspecified atom stereocenters. The number of aliphatic imine (C=N–C) groups is 1. The van der Waals surface area contributed by atoms with Crippen molar-refractivity contribution in [2.24, 2.45) is 10.7 Å². The van der Waals surface area contributed by atoms with Crippen LogP contribution in [0.25, 0.3) is 0 Å². The predicted octanol–water partition coefficient (Wildman–Crippen LogP) is 3.79. The molecule has 140 valence electrons. The summed E-state index contributed by atoms with van der Waals surface area (Å²) in [5, 5.41) is 0. The van der Waals surface area contributed by atoms with Crippen LogP contribution in [0.1, 0.15) is 47.1 Å². The molecule has 0 aliphatic heterocycles. The average molecular weight is 359 g/mol. The molecule has 0 aliphatic carbocycles. The lowest BCUT2D eigenvalue weighted by atomic mass is 10.2. The number of hydrogen-bond donors (Lipinski definition) is 1. The van der Waals surface area contributed by atoms with Crippen LogP contribution >= 0.6 is 0 Å². The molecule has 0 spiro atoms. The number of rotatable bonds is 1. The van der Waals surface area contributed by atoms with Crippen molar-refractivity contribution >= 4 is 23.8 Å². The first-order valence-electron chi connectivity index (χ1n) is 7.99. The van der Waals surface area contributed by atoms with Crippen LogP contribution in [0.5, 0.6) is 0 Å². The maximum Gasteiger partial charge on any atom is 0.427 e. The van der Waals surface area contributed by atoms with Crippen molar-refractivity contribution in [3.8, 4) is 12.3 Å². The van der Waals surface area contributed by atoms with E-state index in [0.717, 1.165) is 0 Å². The smallest absolute Gasteiger partial charge is 0.427 e. The Balaban J connectivity index is 3.20. The molecule has 0 atom stereocenters. The Kier molecular flexibility index (Phi) is 6.40. The molecule has 1 aromatic rings. The number of imide groups is 1. The van der Waals surface area contributed by atoms with Gasteiger partial charge < -0.3 is 15.2 Å². The van der Waals surface area contributed by atoms with E-state index < -0.39 is 23.4 Å². The summed E-state index contributed by atoms with van der Waals surface area (Å²) in [5.41, 5.74) is 5.32. The zero-order chi connectivity index (χ0) is 20.1. The minimum absolute atomic E-state index is 0.373. The number of amides is 2. The number of nitrogens with zero attached hydrogens (tertiary/aromatic N) is 2. The molecule has 0 radical (unpaired) electrons. The molecule has 0 saturated carbocycles. The highest BCUT2D eigenvalue weighted by Gasteiger charge is 2.34. The average Bonchev–Trinajstić information content (AvgIpc) is 2.44. The maximum atomic E-state index is 12.4. The lowest BCUT2D eigenvalue weighted by Crippen LogP contribution is -2.49. The largest absolute Gasteiger partial charge is 0.443 e. The topological polar surface area (TPSA) is 94.2 Å². The van der Waals surface area contributed by atoms with E-state index in [2.05, 4.69) is 10.9 Å². The first kappa shape index (κ1) is 21.0. The van der Waals surface area contributed by atoms with E-state index in [-0.39, 0.29) is 5.96 Å². The molecule has 0 fully saturated rings. The predicted molar refractivity (Wildman–Crippen MR) is 100.0 cm³/mol. The Morgan fingerprint density at radius 3 is 1.77 bits per heavy atom. The van der Waals surface area contributed by atoms with Gasteiger partial charge in [-0.2, -0.15) is 0 Å². The molecule has 7 heteroatoms. The van der Waals surface area contributed by atoms with Crippen molar-refractivity contribution in [2.75, 3.05) is 0 Å². The van der Waals surface area contributed by atoms with Crippen molar-refractivity contribution in [3.05, 3.63) is 29.8 Å². The summed E-state index contributed by atoms with van der Waals surface area (Å²) in [5.74, 6) is 2.11. The number of carbonyl (C=O) groups is 2. The third-order valence-electron chi connectivity index (χ3n) is 2.66. The van der Waals surface area contributed by atoms with Gasteiger partial charge in [-0.25, -0.2) is 14.6 Å². The van der Waals surface area contributed by atoms with Crippen LogP contribution < -0.4 is 5.73 Å². The van der Waals surface area contributed by atoms with E-state index in [0.29, 0.717) is 16.2 Å². The van der Waals surface area contributed by atoms with Crippen molar-refractivity contribution in [3.63, 3.8) is 0 Å². The monoisotopic (exact) mass is 359 g/mol. The molecular formula is C19H25N3O4. The van der Waals surface area contributed by atoms with Crippen LogP contribution in [0.15, 0.2) is 29.3 Å². The molecule has 0 aliphatic rings. The van der Waals surface area contributed by atoms with E-state index in [1.165, 1.54) is 0 Å². The fourth-order valence-electron chi connectivity index (χ4n) is 1.69. The van der Waals surface area contributed by atoms with Gasteiger partial charge in [0.05, 0.1) is 5.69 Å². The Morgan fingerprint density at radius 2 is 1.42 bits per heavy atom. The van der Waals surface area contributed by atoms with Gasteiger partial charge in [0, 0.05) is 5.56 Å². The Hall–Kier alpha value is -3.01. The zero-order valence-electron chi connectivity index (χ0n) is 16.0. The summed E-state index contributed by atoms with van der Waals surface area (Å²) in [4.78, 5) is 29.5. The minimum atomic E-state index is -0.978. The highest BCUT2D eigenvalue weighted by Crippen LogP contribution is 2.17. The van der Waals surface area contributed by atoms with E-state index in [4.69, 9.17) is 21.6 Å². The molecule has 2 amide bonds. The molecule has 0 bridgehead atoms. The first-order chi connectivity index (χ1) is 11.8. The summed E-state index contributed by atoms with van der Waals surface area (Å²) in [6, 6.07) is 6.56. The first-order valence-corrected chi connectivity index (χ1v) is 7.99. The van der Waals surface area contributed by atoms with Crippen molar-refractivity contribution in [1.82, 2.24) is 4.90 Å². The molecule has 1 aromatic carbocycles. The Morgan fingerprint density at radius 1 is 1.00 bits per heavy atom. The number of terminal acetylenes is 1. The fraction of sp³-hybridized carbons (Fsp3) is 0.421. The van der Waals surface area contributed by atoms with Gasteiger partial charge in [0.25, 0.3) is 0 Å². The lowest BCUT2D eigenvalue weighted by molar-refractivity contribution is 0.0145.